The van der Waals surface area contributed by atoms with E-state index in [0.717, 1.165) is 18.7 Å². The van der Waals surface area contributed by atoms with Crippen LogP contribution < -0.4 is 14.8 Å². The number of hydrogen-bond donors (Lipinski definition) is 1. The van der Waals surface area contributed by atoms with E-state index in [1.54, 1.807) is 32.4 Å². The standard InChI is InChI=1S/C16H19N3O3/c1-21-13-3-4-15(22-2)14(8-13)18-16(20)11-5-6-19-10-17-9-12(19)7-11/h3-4,8-11H,5-7H2,1-2H3,(H,18,20). The number of carbonyl (C=O) groups excluding carboxylic acids is 1. The third kappa shape index (κ3) is 2.77. The van der Waals surface area contributed by atoms with Gasteiger partial charge in [0.25, 0.3) is 0 Å². The van der Waals surface area contributed by atoms with Gasteiger partial charge in [0.1, 0.15) is 11.5 Å². The van der Waals surface area contributed by atoms with Crippen LogP contribution in [0.25, 0.3) is 0 Å². The Morgan fingerprint density at radius 3 is 3.00 bits per heavy atom. The molecule has 1 atom stereocenters. The van der Waals surface area contributed by atoms with Crippen molar-refractivity contribution in [3.8, 4) is 11.5 Å². The van der Waals surface area contributed by atoms with Crippen LogP contribution in [0.5, 0.6) is 11.5 Å². The quantitative estimate of drug-likeness (QED) is 0.939. The molecule has 0 radical (unpaired) electrons. The van der Waals surface area contributed by atoms with Crippen LogP contribution in [0.2, 0.25) is 0 Å². The molecule has 0 bridgehead atoms. The van der Waals surface area contributed by atoms with Crippen LogP contribution in [0.3, 0.4) is 0 Å². The van der Waals surface area contributed by atoms with Gasteiger partial charge in [0.15, 0.2) is 0 Å². The fraction of sp³-hybridized carbons (Fsp3) is 0.375. The largest absolute Gasteiger partial charge is 0.497 e. The van der Waals surface area contributed by atoms with Crippen molar-refractivity contribution in [2.75, 3.05) is 19.5 Å². The lowest BCUT2D eigenvalue weighted by atomic mass is 9.95. The number of amides is 1. The zero-order chi connectivity index (χ0) is 15.5. The number of aryl methyl sites for hydroxylation is 1. The zero-order valence-corrected chi connectivity index (χ0v) is 12.7. The molecule has 2 heterocycles. The normalized spacial score (nSPS) is 16.7. The fourth-order valence-corrected chi connectivity index (χ4v) is 2.74. The Labute approximate surface area is 129 Å². The molecule has 1 amide bonds. The average Bonchev–Trinajstić information content (AvgIpc) is 3.02. The smallest absolute Gasteiger partial charge is 0.228 e. The van der Waals surface area contributed by atoms with Gasteiger partial charge in [0.2, 0.25) is 5.91 Å². The van der Waals surface area contributed by atoms with Gasteiger partial charge in [-0.05, 0) is 18.6 Å². The first-order chi connectivity index (χ1) is 10.7. The first-order valence-electron chi connectivity index (χ1n) is 7.23. The van der Waals surface area contributed by atoms with Gasteiger partial charge >= 0.3 is 0 Å². The van der Waals surface area contributed by atoms with Gasteiger partial charge in [-0.2, -0.15) is 0 Å². The number of benzene rings is 1. The highest BCUT2D eigenvalue weighted by molar-refractivity contribution is 5.94. The second-order valence-corrected chi connectivity index (χ2v) is 5.32. The molecule has 1 aromatic carbocycles. The molecule has 0 saturated carbocycles. The number of hydrogen-bond acceptors (Lipinski definition) is 4. The van der Waals surface area contributed by atoms with Crippen LogP contribution in [0.15, 0.2) is 30.7 Å². The molecule has 1 aliphatic heterocycles. The molecule has 0 spiro atoms. The number of methoxy groups -OCH3 is 2. The summed E-state index contributed by atoms with van der Waals surface area (Å²) >= 11 is 0. The minimum absolute atomic E-state index is 0.000923. The molecule has 1 N–H and O–H groups in total. The summed E-state index contributed by atoms with van der Waals surface area (Å²) < 4.78 is 12.6. The molecule has 6 nitrogen and oxygen atoms in total. The Hall–Kier alpha value is -2.50. The monoisotopic (exact) mass is 301 g/mol. The van der Waals surface area contributed by atoms with Crippen LogP contribution in [-0.4, -0.2) is 29.7 Å². The zero-order valence-electron chi connectivity index (χ0n) is 12.7. The highest BCUT2D eigenvalue weighted by Crippen LogP contribution is 2.30. The summed E-state index contributed by atoms with van der Waals surface area (Å²) in [4.78, 5) is 16.7. The van der Waals surface area contributed by atoms with Crippen molar-refractivity contribution in [3.63, 3.8) is 0 Å². The Kier molecular flexibility index (Phi) is 4.00. The number of fused-ring (bicyclic) bond motifs is 1. The Balaban J connectivity index is 1.74. The minimum atomic E-state index is -0.0555. The maximum atomic E-state index is 12.5. The molecular weight excluding hydrogens is 282 g/mol. The molecule has 1 aromatic heterocycles. The van der Waals surface area contributed by atoms with E-state index >= 15 is 0 Å². The van der Waals surface area contributed by atoms with Gasteiger partial charge < -0.3 is 19.4 Å². The Morgan fingerprint density at radius 1 is 1.36 bits per heavy atom. The Morgan fingerprint density at radius 2 is 2.23 bits per heavy atom. The molecule has 116 valence electrons. The van der Waals surface area contributed by atoms with Gasteiger partial charge in [-0.1, -0.05) is 0 Å². The van der Waals surface area contributed by atoms with Crippen LogP contribution in [0, 0.1) is 5.92 Å². The molecular formula is C16H19N3O3. The van der Waals surface area contributed by atoms with Crippen molar-refractivity contribution in [1.29, 1.82) is 0 Å². The predicted octanol–water partition coefficient (Wildman–Crippen LogP) is 2.10. The maximum Gasteiger partial charge on any atom is 0.228 e. The van der Waals surface area contributed by atoms with Crippen molar-refractivity contribution >= 4 is 11.6 Å². The van der Waals surface area contributed by atoms with E-state index in [9.17, 15) is 4.79 Å². The van der Waals surface area contributed by atoms with E-state index in [1.165, 1.54) is 0 Å². The summed E-state index contributed by atoms with van der Waals surface area (Å²) in [6.45, 7) is 0.822. The van der Waals surface area contributed by atoms with E-state index in [1.807, 2.05) is 12.5 Å². The van der Waals surface area contributed by atoms with Crippen LogP contribution >= 0.6 is 0 Å². The van der Waals surface area contributed by atoms with Crippen LogP contribution in [0.1, 0.15) is 12.1 Å². The topological polar surface area (TPSA) is 65.4 Å². The number of aromatic nitrogens is 2. The summed E-state index contributed by atoms with van der Waals surface area (Å²) in [6.07, 6.45) is 5.15. The second-order valence-electron chi connectivity index (χ2n) is 5.32. The minimum Gasteiger partial charge on any atom is -0.497 e. The molecule has 0 aliphatic carbocycles. The van der Waals surface area contributed by atoms with Gasteiger partial charge in [-0.3, -0.25) is 4.79 Å². The van der Waals surface area contributed by atoms with Crippen LogP contribution in [-0.2, 0) is 17.8 Å². The van der Waals surface area contributed by atoms with Crippen molar-refractivity contribution in [1.82, 2.24) is 9.55 Å². The van der Waals surface area contributed by atoms with Crippen molar-refractivity contribution in [2.24, 2.45) is 5.92 Å². The number of anilines is 1. The van der Waals surface area contributed by atoms with Crippen molar-refractivity contribution < 1.29 is 14.3 Å². The van der Waals surface area contributed by atoms with Crippen LogP contribution in [0.4, 0.5) is 5.69 Å². The highest BCUT2D eigenvalue weighted by atomic mass is 16.5. The summed E-state index contributed by atoms with van der Waals surface area (Å²) in [6, 6.07) is 5.35. The van der Waals surface area contributed by atoms with Gasteiger partial charge in [0, 0.05) is 36.8 Å². The molecule has 3 rings (SSSR count). The lowest BCUT2D eigenvalue weighted by Gasteiger charge is -2.23. The Bertz CT molecular complexity index is 681. The predicted molar refractivity (Wildman–Crippen MR) is 82.2 cm³/mol. The number of rotatable bonds is 4. The van der Waals surface area contributed by atoms with Gasteiger partial charge in [-0.15, -0.1) is 0 Å². The lowest BCUT2D eigenvalue weighted by molar-refractivity contribution is -0.120. The third-order valence-electron chi connectivity index (χ3n) is 4.01. The lowest BCUT2D eigenvalue weighted by Crippen LogP contribution is -2.30. The molecule has 6 heteroatoms. The number of imidazole rings is 1. The van der Waals surface area contributed by atoms with Crippen molar-refractivity contribution in [2.45, 2.75) is 19.4 Å². The van der Waals surface area contributed by atoms with E-state index in [4.69, 9.17) is 9.47 Å². The molecule has 22 heavy (non-hydrogen) atoms. The number of nitrogens with one attached hydrogen (secondary N) is 1. The van der Waals surface area contributed by atoms with E-state index < -0.39 is 0 Å². The summed E-state index contributed by atoms with van der Waals surface area (Å²) in [5.41, 5.74) is 1.73. The van der Waals surface area contributed by atoms with E-state index in [2.05, 4.69) is 14.9 Å². The summed E-state index contributed by atoms with van der Waals surface area (Å²) in [5, 5.41) is 2.96. The SMILES string of the molecule is COc1ccc(OC)c(NC(=O)C2CCn3cncc3C2)c1. The fourth-order valence-electron chi connectivity index (χ4n) is 2.74. The first-order valence-corrected chi connectivity index (χ1v) is 7.23. The maximum absolute atomic E-state index is 12.5. The number of ether oxygens (including phenoxy) is 2. The highest BCUT2D eigenvalue weighted by Gasteiger charge is 2.25. The third-order valence-corrected chi connectivity index (χ3v) is 4.01. The van der Waals surface area contributed by atoms with Gasteiger partial charge in [0.05, 0.1) is 26.2 Å². The molecule has 1 unspecified atom stereocenters. The van der Waals surface area contributed by atoms with Crippen molar-refractivity contribution in [3.05, 3.63) is 36.4 Å². The summed E-state index contributed by atoms with van der Waals surface area (Å²) in [5.74, 6) is 1.24. The molecule has 0 saturated heterocycles. The van der Waals surface area contributed by atoms with Gasteiger partial charge in [-0.25, -0.2) is 4.98 Å². The first kappa shape index (κ1) is 14.4. The average molecular weight is 301 g/mol. The summed E-state index contributed by atoms with van der Waals surface area (Å²) in [7, 11) is 3.17. The molecule has 1 aliphatic rings. The van der Waals surface area contributed by atoms with E-state index in [0.29, 0.717) is 23.6 Å². The molecule has 0 fully saturated rings. The van der Waals surface area contributed by atoms with E-state index in [-0.39, 0.29) is 11.8 Å². The second kappa shape index (κ2) is 6.09. The number of nitrogens with zero attached hydrogens (tertiary/aromatic N) is 2. The number of carbonyl (C=O) groups is 1. The molecule has 2 aromatic rings.